The highest BCUT2D eigenvalue weighted by Crippen LogP contribution is 1.92. The lowest BCUT2D eigenvalue weighted by atomic mass is 10.2. The van der Waals surface area contributed by atoms with Crippen molar-refractivity contribution in [2.24, 2.45) is 5.92 Å². The van der Waals surface area contributed by atoms with Crippen molar-refractivity contribution in [1.29, 1.82) is 0 Å². The summed E-state index contributed by atoms with van der Waals surface area (Å²) in [7, 11) is 0. The van der Waals surface area contributed by atoms with Crippen LogP contribution in [0, 0.1) is 5.92 Å². The molecule has 6 heavy (non-hydrogen) atoms. The molecule has 0 aromatic rings. The van der Waals surface area contributed by atoms with Gasteiger partial charge in [0.05, 0.1) is 0 Å². The Balaban J connectivity index is 3.64. The highest BCUT2D eigenvalue weighted by molar-refractivity contribution is 5.49. The fourth-order valence-corrected chi connectivity index (χ4v) is 0.136. The summed E-state index contributed by atoms with van der Waals surface area (Å²) >= 11 is 0. The molecule has 0 heterocycles. The van der Waals surface area contributed by atoms with Gasteiger partial charge < -0.3 is 4.79 Å². The van der Waals surface area contributed by atoms with Gasteiger partial charge in [-0.1, -0.05) is 13.8 Å². The summed E-state index contributed by atoms with van der Waals surface area (Å²) in [5.41, 5.74) is 0. The number of aldehydes is 1. The number of carbonyl (C=O) groups excluding carboxylic acids is 1. The Morgan fingerprint density at radius 2 is 2.67 bits per heavy atom. The molecule has 0 aliphatic carbocycles. The van der Waals surface area contributed by atoms with E-state index in [1.807, 2.05) is 0 Å². The van der Waals surface area contributed by atoms with Crippen LogP contribution in [0.1, 0.15) is 23.0 Å². The van der Waals surface area contributed by atoms with E-state index in [9.17, 15) is 4.79 Å². The highest BCUT2D eigenvalue weighted by atomic mass is 16.1. The van der Waals surface area contributed by atoms with E-state index in [2.05, 4.69) is 0 Å². The molecule has 0 bridgehead atoms. The van der Waals surface area contributed by atoms with Gasteiger partial charge in [-0.15, -0.1) is 0 Å². The van der Waals surface area contributed by atoms with Crippen LogP contribution in [0.25, 0.3) is 0 Å². The van der Waals surface area contributed by atoms with Crippen LogP contribution in [0.15, 0.2) is 0 Å². The number of hydrogen-bond acceptors (Lipinski definition) is 1. The number of rotatable bonds is 2. The van der Waals surface area contributed by atoms with E-state index in [1.54, 1.807) is 13.8 Å². The van der Waals surface area contributed by atoms with Crippen LogP contribution < -0.4 is 0 Å². The summed E-state index contributed by atoms with van der Waals surface area (Å²) in [5, 5.41) is 0. The Morgan fingerprint density at radius 1 is 2.17 bits per heavy atom. The first-order chi connectivity index (χ1) is 3.55. The largest absolute Gasteiger partial charge is 0.303 e. The van der Waals surface area contributed by atoms with Gasteiger partial charge >= 0.3 is 0 Å². The third kappa shape index (κ3) is 3.67. The van der Waals surface area contributed by atoms with Gasteiger partial charge in [0, 0.05) is 7.77 Å². The van der Waals surface area contributed by atoms with Gasteiger partial charge in [-0.2, -0.15) is 0 Å². The molecule has 0 radical (unpaired) electrons. The van der Waals surface area contributed by atoms with Crippen molar-refractivity contribution >= 4 is 6.26 Å². The van der Waals surface area contributed by atoms with E-state index in [0.29, 0.717) is 0 Å². The minimum atomic E-state index is -0.852. The Labute approximate surface area is 41.2 Å². The van der Waals surface area contributed by atoms with Crippen LogP contribution in [0.4, 0.5) is 0 Å². The lowest BCUT2D eigenvalue weighted by Gasteiger charge is -1.89. The minimum absolute atomic E-state index is 0.0278. The summed E-state index contributed by atoms with van der Waals surface area (Å²) in [6, 6.07) is 0. The summed E-state index contributed by atoms with van der Waals surface area (Å²) in [6.45, 7) is 3.51. The summed E-state index contributed by atoms with van der Waals surface area (Å²) < 4.78 is 13.4. The van der Waals surface area contributed by atoms with Gasteiger partial charge in [0.1, 0.15) is 7.63 Å². The Kier molecular flexibility index (Phi) is 1.34. The standard InChI is InChI=1S/C5H10O/c1-5(2)3-4-6/h4-5H,3H2,1-2H3/i3D,4D. The zero-order valence-electron chi connectivity index (χ0n) is 6.06. The van der Waals surface area contributed by atoms with E-state index < -0.39 is 12.7 Å². The van der Waals surface area contributed by atoms with Crippen LogP contribution in [-0.4, -0.2) is 6.26 Å². The molecule has 0 fully saturated rings. The molecule has 1 unspecified atom stereocenters. The zero-order chi connectivity index (χ0) is 6.73. The van der Waals surface area contributed by atoms with Crippen LogP contribution in [0.3, 0.4) is 0 Å². The van der Waals surface area contributed by atoms with Gasteiger partial charge in [0.25, 0.3) is 0 Å². The van der Waals surface area contributed by atoms with Gasteiger partial charge in [-0.05, 0) is 5.92 Å². The number of carbonyl (C=O) groups is 1. The molecular weight excluding hydrogens is 76.1 g/mol. The SMILES string of the molecule is [2H]C(=O)C([2H])C(C)C. The molecule has 0 amide bonds. The maximum absolute atomic E-state index is 10.1. The van der Waals surface area contributed by atoms with Crippen LogP contribution in [-0.2, 0) is 4.79 Å². The van der Waals surface area contributed by atoms with Crippen molar-refractivity contribution in [3.63, 3.8) is 0 Å². The Morgan fingerprint density at radius 3 is 2.67 bits per heavy atom. The molecule has 0 aliphatic rings. The second-order valence-electron chi connectivity index (χ2n) is 1.53. The lowest BCUT2D eigenvalue weighted by Crippen LogP contribution is -1.84. The maximum Gasteiger partial charge on any atom is 0.120 e. The van der Waals surface area contributed by atoms with E-state index in [0.717, 1.165) is 0 Å². The van der Waals surface area contributed by atoms with Crippen molar-refractivity contribution in [2.75, 3.05) is 0 Å². The second kappa shape index (κ2) is 2.88. The average molecular weight is 88.1 g/mol. The summed E-state index contributed by atoms with van der Waals surface area (Å²) in [4.78, 5) is 10.1. The molecule has 0 aromatic heterocycles. The summed E-state index contributed by atoms with van der Waals surface area (Å²) in [6.07, 6.45) is -1.64. The molecule has 1 atom stereocenters. The fraction of sp³-hybridized carbons (Fsp3) is 0.800. The molecule has 1 heteroatoms. The summed E-state index contributed by atoms with van der Waals surface area (Å²) in [5.74, 6) is -0.0278. The third-order valence-electron chi connectivity index (χ3n) is 0.401. The van der Waals surface area contributed by atoms with Gasteiger partial charge in [0.2, 0.25) is 0 Å². The molecule has 0 N–H and O–H groups in total. The fourth-order valence-electron chi connectivity index (χ4n) is 0.136. The molecule has 0 saturated heterocycles. The van der Waals surface area contributed by atoms with Gasteiger partial charge in [-0.25, -0.2) is 0 Å². The predicted molar refractivity (Wildman–Crippen MR) is 25.5 cm³/mol. The van der Waals surface area contributed by atoms with Gasteiger partial charge in [0.15, 0.2) is 0 Å². The molecule has 0 aromatic carbocycles. The Hall–Kier alpha value is -0.330. The molecule has 0 spiro atoms. The predicted octanol–water partition coefficient (Wildman–Crippen LogP) is 1.23. The van der Waals surface area contributed by atoms with E-state index >= 15 is 0 Å². The van der Waals surface area contributed by atoms with Crippen molar-refractivity contribution in [2.45, 2.75) is 20.2 Å². The van der Waals surface area contributed by atoms with Gasteiger partial charge in [-0.3, -0.25) is 0 Å². The average Bonchev–Trinajstić information content (AvgIpc) is 1.64. The zero-order valence-corrected chi connectivity index (χ0v) is 4.06. The monoisotopic (exact) mass is 88.1 g/mol. The maximum atomic E-state index is 10.1. The highest BCUT2D eigenvalue weighted by Gasteiger charge is 1.85. The lowest BCUT2D eigenvalue weighted by molar-refractivity contribution is -0.108. The first kappa shape index (κ1) is 2.78. The minimum Gasteiger partial charge on any atom is -0.303 e. The number of hydrogen-bond donors (Lipinski definition) is 0. The van der Waals surface area contributed by atoms with E-state index in [1.165, 1.54) is 0 Å². The molecule has 0 saturated carbocycles. The molecule has 36 valence electrons. The van der Waals surface area contributed by atoms with Crippen LogP contribution in [0.5, 0.6) is 0 Å². The first-order valence-corrected chi connectivity index (χ1v) is 1.98. The van der Waals surface area contributed by atoms with E-state index in [4.69, 9.17) is 2.74 Å². The Bertz CT molecular complexity index is 90.4. The van der Waals surface area contributed by atoms with Crippen molar-refractivity contribution in [3.8, 4) is 0 Å². The third-order valence-corrected chi connectivity index (χ3v) is 0.401. The van der Waals surface area contributed by atoms with Crippen LogP contribution >= 0.6 is 0 Å². The molecule has 1 nitrogen and oxygen atoms in total. The molecule has 0 aliphatic heterocycles. The quantitative estimate of drug-likeness (QED) is 0.464. The first-order valence-electron chi connectivity index (χ1n) is 3.06. The van der Waals surface area contributed by atoms with Crippen LogP contribution in [0.2, 0.25) is 0 Å². The topological polar surface area (TPSA) is 17.1 Å². The van der Waals surface area contributed by atoms with Crippen molar-refractivity contribution in [1.82, 2.24) is 0 Å². The van der Waals surface area contributed by atoms with E-state index in [-0.39, 0.29) is 5.92 Å². The van der Waals surface area contributed by atoms with Crippen molar-refractivity contribution in [3.05, 3.63) is 0 Å². The smallest absolute Gasteiger partial charge is 0.120 e. The molecular formula is C5H10O. The molecule has 0 rings (SSSR count). The van der Waals surface area contributed by atoms with Crippen molar-refractivity contribution < 1.29 is 7.54 Å². The second-order valence-corrected chi connectivity index (χ2v) is 1.53. The normalized spacial score (nSPS) is 19.2.